The van der Waals surface area contributed by atoms with Crippen LogP contribution in [-0.2, 0) is 17.8 Å². The standard InChI is InChI=1S/C19H16ClNO4/c1-11-13-7-15(20)16(22)9-17(13)25-19(24)14(11)8-18(23)21-10-12-5-3-2-4-6-12/h2-7,9,22H,8,10H2,1H3,(H,21,23). The first-order chi connectivity index (χ1) is 12.0. The van der Waals surface area contributed by atoms with Gasteiger partial charge in [-0.15, -0.1) is 0 Å². The first-order valence-corrected chi connectivity index (χ1v) is 8.09. The van der Waals surface area contributed by atoms with Crippen molar-refractivity contribution in [1.82, 2.24) is 5.32 Å². The van der Waals surface area contributed by atoms with E-state index in [0.717, 1.165) is 5.56 Å². The number of hydrogen-bond acceptors (Lipinski definition) is 4. The Labute approximate surface area is 148 Å². The van der Waals surface area contributed by atoms with Gasteiger partial charge in [0.15, 0.2) is 0 Å². The molecule has 0 radical (unpaired) electrons. The Morgan fingerprint density at radius 3 is 2.68 bits per heavy atom. The molecule has 1 aromatic heterocycles. The number of aryl methyl sites for hydroxylation is 1. The molecule has 5 nitrogen and oxygen atoms in total. The highest BCUT2D eigenvalue weighted by molar-refractivity contribution is 6.32. The van der Waals surface area contributed by atoms with Gasteiger partial charge in [-0.3, -0.25) is 4.79 Å². The Bertz CT molecular complexity index is 996. The number of rotatable bonds is 4. The van der Waals surface area contributed by atoms with Gasteiger partial charge in [0.1, 0.15) is 11.3 Å². The van der Waals surface area contributed by atoms with E-state index in [1.807, 2.05) is 30.3 Å². The van der Waals surface area contributed by atoms with Crippen molar-refractivity contribution in [2.45, 2.75) is 19.9 Å². The molecule has 0 bridgehead atoms. The molecule has 2 aromatic carbocycles. The molecule has 0 unspecified atom stereocenters. The first-order valence-electron chi connectivity index (χ1n) is 7.71. The number of phenolic OH excluding ortho intramolecular Hbond substituents is 1. The fourth-order valence-electron chi connectivity index (χ4n) is 2.62. The summed E-state index contributed by atoms with van der Waals surface area (Å²) in [5, 5.41) is 13.2. The minimum absolute atomic E-state index is 0.0879. The molecule has 3 aromatic rings. The molecule has 1 amide bonds. The molecule has 25 heavy (non-hydrogen) atoms. The fourth-order valence-corrected chi connectivity index (χ4v) is 2.79. The van der Waals surface area contributed by atoms with Gasteiger partial charge in [0.05, 0.1) is 17.0 Å². The monoisotopic (exact) mass is 357 g/mol. The van der Waals surface area contributed by atoms with Gasteiger partial charge >= 0.3 is 5.63 Å². The summed E-state index contributed by atoms with van der Waals surface area (Å²) in [6.45, 7) is 2.11. The lowest BCUT2D eigenvalue weighted by molar-refractivity contribution is -0.120. The van der Waals surface area contributed by atoms with E-state index >= 15 is 0 Å². The molecule has 0 aliphatic carbocycles. The Morgan fingerprint density at radius 2 is 1.96 bits per heavy atom. The van der Waals surface area contributed by atoms with Crippen LogP contribution in [0.1, 0.15) is 16.7 Å². The van der Waals surface area contributed by atoms with Crippen LogP contribution in [0.3, 0.4) is 0 Å². The molecule has 0 aliphatic rings. The van der Waals surface area contributed by atoms with E-state index in [1.54, 1.807) is 6.92 Å². The van der Waals surface area contributed by atoms with Crippen LogP contribution < -0.4 is 10.9 Å². The number of nitrogens with one attached hydrogen (secondary N) is 1. The van der Waals surface area contributed by atoms with E-state index in [9.17, 15) is 14.7 Å². The molecule has 0 aliphatic heterocycles. The van der Waals surface area contributed by atoms with Gasteiger partial charge in [-0.25, -0.2) is 4.79 Å². The maximum absolute atomic E-state index is 12.2. The Morgan fingerprint density at radius 1 is 1.24 bits per heavy atom. The summed E-state index contributed by atoms with van der Waals surface area (Å²) in [4.78, 5) is 24.4. The van der Waals surface area contributed by atoms with Gasteiger partial charge in [0.25, 0.3) is 0 Å². The van der Waals surface area contributed by atoms with Gasteiger partial charge in [-0.1, -0.05) is 41.9 Å². The largest absolute Gasteiger partial charge is 0.506 e. The summed E-state index contributed by atoms with van der Waals surface area (Å²) in [5.41, 5.74) is 1.50. The van der Waals surface area contributed by atoms with Crippen molar-refractivity contribution in [2.75, 3.05) is 0 Å². The van der Waals surface area contributed by atoms with Crippen molar-refractivity contribution >= 4 is 28.5 Å². The number of halogens is 1. The van der Waals surface area contributed by atoms with E-state index in [-0.39, 0.29) is 34.2 Å². The van der Waals surface area contributed by atoms with Gasteiger partial charge in [0, 0.05) is 18.0 Å². The Kier molecular flexibility index (Phi) is 4.76. The van der Waals surface area contributed by atoms with Crippen molar-refractivity contribution in [3.63, 3.8) is 0 Å². The summed E-state index contributed by atoms with van der Waals surface area (Å²) in [6, 6.07) is 12.3. The lowest BCUT2D eigenvalue weighted by Crippen LogP contribution is -2.27. The van der Waals surface area contributed by atoms with Crippen LogP contribution in [0.5, 0.6) is 5.75 Å². The molecule has 0 fully saturated rings. The van der Waals surface area contributed by atoms with E-state index in [0.29, 0.717) is 17.5 Å². The average molecular weight is 358 g/mol. The van der Waals surface area contributed by atoms with Crippen LogP contribution in [0.4, 0.5) is 0 Å². The molecule has 6 heteroatoms. The molecule has 2 N–H and O–H groups in total. The average Bonchev–Trinajstić information content (AvgIpc) is 2.60. The van der Waals surface area contributed by atoms with Gasteiger partial charge < -0.3 is 14.8 Å². The number of benzene rings is 2. The zero-order valence-electron chi connectivity index (χ0n) is 13.5. The highest BCUT2D eigenvalue weighted by Crippen LogP contribution is 2.30. The van der Waals surface area contributed by atoms with Crippen molar-refractivity contribution < 1.29 is 14.3 Å². The lowest BCUT2D eigenvalue weighted by Gasteiger charge is -2.09. The van der Waals surface area contributed by atoms with E-state index < -0.39 is 5.63 Å². The number of carbonyl (C=O) groups excluding carboxylic acids is 1. The topological polar surface area (TPSA) is 79.5 Å². The minimum Gasteiger partial charge on any atom is -0.506 e. The van der Waals surface area contributed by atoms with Gasteiger partial charge in [0.2, 0.25) is 5.91 Å². The molecule has 0 atom stereocenters. The minimum atomic E-state index is -0.596. The van der Waals surface area contributed by atoms with Gasteiger partial charge in [-0.05, 0) is 24.1 Å². The zero-order valence-corrected chi connectivity index (χ0v) is 14.3. The number of carbonyl (C=O) groups is 1. The summed E-state index contributed by atoms with van der Waals surface area (Å²) >= 11 is 5.93. The Hall–Kier alpha value is -2.79. The molecule has 128 valence electrons. The van der Waals surface area contributed by atoms with E-state index in [2.05, 4.69) is 5.32 Å². The third kappa shape index (κ3) is 3.67. The maximum Gasteiger partial charge on any atom is 0.340 e. The van der Waals surface area contributed by atoms with Crippen molar-refractivity contribution in [1.29, 1.82) is 0 Å². The van der Waals surface area contributed by atoms with Crippen LogP contribution in [0, 0.1) is 6.92 Å². The highest BCUT2D eigenvalue weighted by Gasteiger charge is 2.16. The fraction of sp³-hybridized carbons (Fsp3) is 0.158. The third-order valence-electron chi connectivity index (χ3n) is 4.02. The van der Waals surface area contributed by atoms with Crippen LogP contribution in [0.2, 0.25) is 5.02 Å². The van der Waals surface area contributed by atoms with Crippen molar-refractivity contribution in [2.24, 2.45) is 0 Å². The van der Waals surface area contributed by atoms with Crippen LogP contribution >= 0.6 is 11.6 Å². The van der Waals surface area contributed by atoms with Crippen LogP contribution in [0.15, 0.2) is 51.7 Å². The van der Waals surface area contributed by atoms with E-state index in [1.165, 1.54) is 12.1 Å². The molecule has 3 rings (SSSR count). The number of aromatic hydroxyl groups is 1. The molecular weight excluding hydrogens is 342 g/mol. The zero-order chi connectivity index (χ0) is 18.0. The quantitative estimate of drug-likeness (QED) is 0.702. The summed E-state index contributed by atoms with van der Waals surface area (Å²) < 4.78 is 5.22. The summed E-state index contributed by atoms with van der Waals surface area (Å²) in [7, 11) is 0. The number of amides is 1. The van der Waals surface area contributed by atoms with Gasteiger partial charge in [-0.2, -0.15) is 0 Å². The molecule has 0 spiro atoms. The van der Waals surface area contributed by atoms with E-state index in [4.69, 9.17) is 16.0 Å². The second-order valence-corrected chi connectivity index (χ2v) is 6.14. The smallest absolute Gasteiger partial charge is 0.340 e. The number of phenols is 1. The molecule has 0 saturated heterocycles. The normalized spacial score (nSPS) is 10.8. The SMILES string of the molecule is Cc1c(CC(=O)NCc2ccccc2)c(=O)oc2cc(O)c(Cl)cc12. The number of hydrogen-bond donors (Lipinski definition) is 2. The van der Waals surface area contributed by atoms with Crippen LogP contribution in [-0.4, -0.2) is 11.0 Å². The summed E-state index contributed by atoms with van der Waals surface area (Å²) in [6.07, 6.45) is -0.0879. The van der Waals surface area contributed by atoms with Crippen molar-refractivity contribution in [3.8, 4) is 5.75 Å². The second kappa shape index (κ2) is 6.99. The predicted octanol–water partition coefficient (Wildman–Crippen LogP) is 3.32. The van der Waals surface area contributed by atoms with Crippen molar-refractivity contribution in [3.05, 3.63) is 74.6 Å². The highest BCUT2D eigenvalue weighted by atomic mass is 35.5. The third-order valence-corrected chi connectivity index (χ3v) is 4.33. The maximum atomic E-state index is 12.2. The predicted molar refractivity (Wildman–Crippen MR) is 95.9 cm³/mol. The lowest BCUT2D eigenvalue weighted by atomic mass is 10.0. The summed E-state index contributed by atoms with van der Waals surface area (Å²) in [5.74, 6) is -0.437. The molecule has 1 heterocycles. The second-order valence-electron chi connectivity index (χ2n) is 5.73. The van der Waals surface area contributed by atoms with Crippen LogP contribution in [0.25, 0.3) is 11.0 Å². The first kappa shape index (κ1) is 17.0. The molecule has 0 saturated carbocycles. The molecular formula is C19H16ClNO4. The number of fused-ring (bicyclic) bond motifs is 1. The Balaban J connectivity index is 1.84.